The second-order valence-electron chi connectivity index (χ2n) is 6.39. The molecule has 0 spiro atoms. The predicted molar refractivity (Wildman–Crippen MR) is 102 cm³/mol. The molecule has 1 heterocycles. The Kier molecular flexibility index (Phi) is 5.06. The van der Waals surface area contributed by atoms with Gasteiger partial charge < -0.3 is 10.1 Å². The molecule has 0 radical (unpaired) electrons. The lowest BCUT2D eigenvalue weighted by molar-refractivity contribution is -0.122. The normalized spacial score (nSPS) is 16.0. The van der Waals surface area contributed by atoms with Gasteiger partial charge in [-0.25, -0.2) is 8.42 Å². The fourth-order valence-electron chi connectivity index (χ4n) is 2.83. The smallest absolute Gasteiger partial charge is 0.267 e. The number of nitrogens with one attached hydrogen (secondary N) is 1. The lowest BCUT2D eigenvalue weighted by Crippen LogP contribution is -2.48. The number of nitrogens with zero attached hydrogens (tertiary/aromatic N) is 2. The first kappa shape index (κ1) is 18.7. The summed E-state index contributed by atoms with van der Waals surface area (Å²) in [6, 6.07) is 14.1. The van der Waals surface area contributed by atoms with E-state index in [1.165, 1.54) is 4.31 Å². The standard InChI is InChI=1S/C19H19N3O4S/c1-13-3-8-17-16(11-13)22(27(2,24)25)12-18(26-17)19(23)21-15-6-4-14(5-7-15)9-10-20/h3-8,11,18H,9,12H2,1-2H3,(H,21,23)/t18-/m1/s1. The lowest BCUT2D eigenvalue weighted by atomic mass is 10.1. The van der Waals surface area contributed by atoms with Crippen LogP contribution in [0, 0.1) is 18.3 Å². The largest absolute Gasteiger partial charge is 0.476 e. The molecule has 0 unspecified atom stereocenters. The third-order valence-electron chi connectivity index (χ3n) is 4.18. The fraction of sp³-hybridized carbons (Fsp3) is 0.263. The maximum atomic E-state index is 12.6. The highest BCUT2D eigenvalue weighted by Gasteiger charge is 2.35. The van der Waals surface area contributed by atoms with Crippen molar-refractivity contribution in [3.05, 3.63) is 53.6 Å². The summed E-state index contributed by atoms with van der Waals surface area (Å²) in [6.07, 6.45) is 0.418. The molecule has 3 rings (SSSR count). The van der Waals surface area contributed by atoms with Gasteiger partial charge in [0, 0.05) is 5.69 Å². The summed E-state index contributed by atoms with van der Waals surface area (Å²) in [4.78, 5) is 12.6. The Morgan fingerprint density at radius 1 is 1.30 bits per heavy atom. The Morgan fingerprint density at radius 3 is 2.63 bits per heavy atom. The molecule has 0 aromatic heterocycles. The van der Waals surface area contributed by atoms with Gasteiger partial charge in [-0.1, -0.05) is 18.2 Å². The van der Waals surface area contributed by atoms with Gasteiger partial charge in [0.1, 0.15) is 5.75 Å². The van der Waals surface area contributed by atoms with Crippen LogP contribution < -0.4 is 14.4 Å². The molecule has 1 N–H and O–H groups in total. The van der Waals surface area contributed by atoms with Gasteiger partial charge >= 0.3 is 0 Å². The molecule has 0 fully saturated rings. The fourth-order valence-corrected chi connectivity index (χ4v) is 3.74. The zero-order chi connectivity index (χ0) is 19.6. The number of carbonyl (C=O) groups excluding carboxylic acids is 1. The second-order valence-corrected chi connectivity index (χ2v) is 8.30. The average molecular weight is 385 g/mol. The van der Waals surface area contributed by atoms with E-state index < -0.39 is 22.0 Å². The van der Waals surface area contributed by atoms with Crippen LogP contribution in [0.3, 0.4) is 0 Å². The quantitative estimate of drug-likeness (QED) is 0.870. The van der Waals surface area contributed by atoms with Crippen molar-refractivity contribution in [1.29, 1.82) is 5.26 Å². The average Bonchev–Trinajstić information content (AvgIpc) is 2.61. The topological polar surface area (TPSA) is 99.5 Å². The van der Waals surface area contributed by atoms with E-state index in [1.54, 1.807) is 42.5 Å². The summed E-state index contributed by atoms with van der Waals surface area (Å²) in [7, 11) is -3.56. The minimum Gasteiger partial charge on any atom is -0.476 e. The van der Waals surface area contributed by atoms with E-state index >= 15 is 0 Å². The van der Waals surface area contributed by atoms with Gasteiger partial charge in [0.25, 0.3) is 5.91 Å². The van der Waals surface area contributed by atoms with Crippen LogP contribution in [-0.4, -0.2) is 33.2 Å². The van der Waals surface area contributed by atoms with E-state index in [-0.39, 0.29) is 6.54 Å². The van der Waals surface area contributed by atoms with E-state index in [1.807, 2.05) is 6.92 Å². The molecule has 1 aliphatic heterocycles. The van der Waals surface area contributed by atoms with Crippen molar-refractivity contribution in [2.75, 3.05) is 22.4 Å². The number of anilines is 2. The van der Waals surface area contributed by atoms with Crippen molar-refractivity contribution in [3.63, 3.8) is 0 Å². The third kappa shape index (κ3) is 4.20. The number of sulfonamides is 1. The molecule has 0 saturated carbocycles. The van der Waals surface area contributed by atoms with Crippen LogP contribution in [0.4, 0.5) is 11.4 Å². The van der Waals surface area contributed by atoms with Gasteiger partial charge in [-0.3, -0.25) is 9.10 Å². The molecule has 7 nitrogen and oxygen atoms in total. The van der Waals surface area contributed by atoms with Gasteiger partial charge in [-0.2, -0.15) is 5.26 Å². The number of carbonyl (C=O) groups is 1. The number of amides is 1. The number of hydrogen-bond donors (Lipinski definition) is 1. The van der Waals surface area contributed by atoms with Gasteiger partial charge in [-0.05, 0) is 42.3 Å². The van der Waals surface area contributed by atoms with Crippen molar-refractivity contribution in [2.24, 2.45) is 0 Å². The van der Waals surface area contributed by atoms with E-state index in [4.69, 9.17) is 10.00 Å². The SMILES string of the molecule is Cc1ccc2c(c1)N(S(C)(=O)=O)C[C@H](C(=O)Nc1ccc(CC#N)cc1)O2. The predicted octanol–water partition coefficient (Wildman–Crippen LogP) is 2.23. The highest BCUT2D eigenvalue weighted by molar-refractivity contribution is 7.92. The van der Waals surface area contributed by atoms with Crippen LogP contribution >= 0.6 is 0 Å². The lowest BCUT2D eigenvalue weighted by Gasteiger charge is -2.34. The zero-order valence-corrected chi connectivity index (χ0v) is 15.8. The molecular formula is C19H19N3O4S. The molecule has 8 heteroatoms. The highest BCUT2D eigenvalue weighted by Crippen LogP contribution is 2.36. The number of nitriles is 1. The van der Waals surface area contributed by atoms with E-state index in [2.05, 4.69) is 11.4 Å². The molecule has 1 aliphatic rings. The van der Waals surface area contributed by atoms with Gasteiger partial charge in [0.05, 0.1) is 31.0 Å². The summed E-state index contributed by atoms with van der Waals surface area (Å²) >= 11 is 0. The molecular weight excluding hydrogens is 366 g/mol. The van der Waals surface area contributed by atoms with Crippen LogP contribution in [0.1, 0.15) is 11.1 Å². The van der Waals surface area contributed by atoms with Crippen LogP contribution in [0.25, 0.3) is 0 Å². The maximum Gasteiger partial charge on any atom is 0.267 e. The molecule has 1 atom stereocenters. The number of hydrogen-bond acceptors (Lipinski definition) is 5. The van der Waals surface area contributed by atoms with Crippen molar-refractivity contribution < 1.29 is 17.9 Å². The van der Waals surface area contributed by atoms with Gasteiger partial charge in [0.2, 0.25) is 10.0 Å². The number of benzene rings is 2. The molecule has 27 heavy (non-hydrogen) atoms. The van der Waals surface area contributed by atoms with E-state index in [0.29, 0.717) is 23.5 Å². The first-order valence-corrected chi connectivity index (χ1v) is 10.1. The summed E-state index contributed by atoms with van der Waals surface area (Å²) < 4.78 is 31.3. The highest BCUT2D eigenvalue weighted by atomic mass is 32.2. The number of ether oxygens (including phenoxy) is 1. The molecule has 1 amide bonds. The van der Waals surface area contributed by atoms with Crippen LogP contribution in [0.2, 0.25) is 0 Å². The first-order valence-electron chi connectivity index (χ1n) is 8.29. The third-order valence-corrected chi connectivity index (χ3v) is 5.33. The monoisotopic (exact) mass is 385 g/mol. The van der Waals surface area contributed by atoms with Crippen LogP contribution in [0.15, 0.2) is 42.5 Å². The number of rotatable bonds is 4. The Morgan fingerprint density at radius 2 is 2.00 bits per heavy atom. The molecule has 2 aromatic rings. The summed E-state index contributed by atoms with van der Waals surface area (Å²) in [5.41, 5.74) is 2.72. The molecule has 0 aliphatic carbocycles. The summed E-state index contributed by atoms with van der Waals surface area (Å²) in [6.45, 7) is 1.75. The summed E-state index contributed by atoms with van der Waals surface area (Å²) in [5.74, 6) is -0.0929. The van der Waals surface area contributed by atoms with Gasteiger partial charge in [0.15, 0.2) is 6.10 Å². The second kappa shape index (κ2) is 7.29. The zero-order valence-electron chi connectivity index (χ0n) is 15.0. The van der Waals surface area contributed by atoms with E-state index in [0.717, 1.165) is 17.4 Å². The Balaban J connectivity index is 1.81. The Labute approximate surface area is 158 Å². The van der Waals surface area contributed by atoms with Crippen molar-refractivity contribution >= 4 is 27.3 Å². The van der Waals surface area contributed by atoms with Crippen molar-refractivity contribution in [2.45, 2.75) is 19.4 Å². The minimum atomic E-state index is -3.56. The van der Waals surface area contributed by atoms with Crippen molar-refractivity contribution in [1.82, 2.24) is 0 Å². The van der Waals surface area contributed by atoms with Crippen LogP contribution in [0.5, 0.6) is 5.75 Å². The Hall–Kier alpha value is -3.05. The Bertz CT molecular complexity index is 1010. The molecule has 0 saturated heterocycles. The molecule has 2 aromatic carbocycles. The molecule has 140 valence electrons. The molecule has 0 bridgehead atoms. The van der Waals surface area contributed by atoms with E-state index in [9.17, 15) is 13.2 Å². The first-order chi connectivity index (χ1) is 12.8. The number of fused-ring (bicyclic) bond motifs is 1. The van der Waals surface area contributed by atoms with Crippen LogP contribution in [-0.2, 0) is 21.2 Å². The minimum absolute atomic E-state index is 0.104. The summed E-state index contributed by atoms with van der Waals surface area (Å²) in [5, 5.41) is 11.4. The maximum absolute atomic E-state index is 12.6. The number of aryl methyl sites for hydroxylation is 1. The van der Waals surface area contributed by atoms with Crippen molar-refractivity contribution in [3.8, 4) is 11.8 Å². The van der Waals surface area contributed by atoms with Gasteiger partial charge in [-0.15, -0.1) is 0 Å².